The first-order valence-corrected chi connectivity index (χ1v) is 43.3. The normalized spacial score (nSPS) is 10.3. The number of benzene rings is 20. The van der Waals surface area contributed by atoms with Crippen molar-refractivity contribution in [2.24, 2.45) is 0 Å². The van der Waals surface area contributed by atoms with Gasteiger partial charge >= 0.3 is 0 Å². The molecule has 0 radical (unpaired) electrons. The third-order valence-corrected chi connectivity index (χ3v) is 23.3. The van der Waals surface area contributed by atoms with Gasteiger partial charge in [-0.15, -0.1) is 0 Å². The van der Waals surface area contributed by atoms with Crippen molar-refractivity contribution in [1.29, 1.82) is 0 Å². The van der Waals surface area contributed by atoms with Gasteiger partial charge in [-0.3, -0.25) is 0 Å². The summed E-state index contributed by atoms with van der Waals surface area (Å²) in [5.74, 6) is 53.4. The molecular formula is C120H65Cl7. The highest BCUT2D eigenvalue weighted by molar-refractivity contribution is 6.44. The largest absolute Gasteiger partial charge is 0.0836 e. The molecule has 20 aromatic rings. The van der Waals surface area contributed by atoms with Crippen molar-refractivity contribution < 1.29 is 0 Å². The maximum Gasteiger partial charge on any atom is 0.0599 e. The smallest absolute Gasteiger partial charge is 0.0599 e. The van der Waals surface area contributed by atoms with E-state index in [-0.39, 0.29) is 0 Å². The number of hydrogen-bond donors (Lipinski definition) is 0. The highest BCUT2D eigenvalue weighted by Gasteiger charge is 2.21. The lowest BCUT2D eigenvalue weighted by atomic mass is 9.91. The van der Waals surface area contributed by atoms with Crippen molar-refractivity contribution >= 4 is 167 Å². The maximum atomic E-state index is 6.73. The predicted molar refractivity (Wildman–Crippen MR) is 540 cm³/mol. The topological polar surface area (TPSA) is 0 Å². The van der Waals surface area contributed by atoms with Crippen molar-refractivity contribution in [3.05, 3.63) is 518 Å². The van der Waals surface area contributed by atoms with Crippen molar-refractivity contribution in [3.8, 4) is 94.7 Å². The van der Waals surface area contributed by atoms with Crippen LogP contribution in [0.5, 0.6) is 0 Å². The van der Waals surface area contributed by atoms with Crippen LogP contribution < -0.4 is 0 Å². The van der Waals surface area contributed by atoms with Crippen LogP contribution in [0.3, 0.4) is 0 Å². The lowest BCUT2D eigenvalue weighted by Crippen LogP contribution is -1.92. The predicted octanol–water partition coefficient (Wildman–Crippen LogP) is 31.7. The van der Waals surface area contributed by atoms with Crippen molar-refractivity contribution in [2.45, 2.75) is 0 Å². The SMILES string of the molecule is Clc1cc2c(C#Cc3ccccc3)c3ccccc3c(C#Cc3ccccc3)c2cc1Cl.Clc1cccc2c(C#Cc3ccccc3)c3c(Cl)cccc3c(C#Cc3ccccc3)c12.Clc1cccc2c(C#Cc3ccccc3)c3cccc(Cl)c3c(C#Cc3ccccc3)c12.Clc1cccc2c(C#Cc3ccccc3)c3ccccc3c(C#Cc3ccccc3)c12. The summed E-state index contributed by atoms with van der Waals surface area (Å²) in [5, 5.41) is 19.7. The minimum Gasteiger partial charge on any atom is -0.0836 e. The fraction of sp³-hybridized carbons (Fsp3) is 0. The Bertz CT molecular complexity index is 7900. The van der Waals surface area contributed by atoms with Crippen LogP contribution in [0.1, 0.15) is 89.0 Å². The van der Waals surface area contributed by atoms with Gasteiger partial charge in [-0.25, -0.2) is 0 Å². The van der Waals surface area contributed by atoms with Crippen LogP contribution in [0.2, 0.25) is 35.2 Å². The van der Waals surface area contributed by atoms with Gasteiger partial charge in [0.15, 0.2) is 0 Å². The molecule has 0 aliphatic carbocycles. The first kappa shape index (κ1) is 84.2. The second-order valence-electron chi connectivity index (χ2n) is 29.1. The molecule has 0 amide bonds. The molecule has 20 aromatic carbocycles. The summed E-state index contributed by atoms with van der Waals surface area (Å²) in [6.07, 6.45) is 0. The first-order chi connectivity index (χ1) is 62.5. The number of fused-ring (bicyclic) bond motifs is 8. The van der Waals surface area contributed by atoms with Gasteiger partial charge in [-0.1, -0.05) is 431 Å². The van der Waals surface area contributed by atoms with Crippen LogP contribution in [0.15, 0.2) is 394 Å². The molecule has 7 heteroatoms. The molecule has 0 unspecified atom stereocenters. The minimum absolute atomic E-state index is 0.499. The van der Waals surface area contributed by atoms with Crippen LogP contribution in [-0.4, -0.2) is 0 Å². The van der Waals surface area contributed by atoms with Gasteiger partial charge in [0, 0.05) is 179 Å². The average molecular weight is 1760 g/mol. The molecule has 0 saturated heterocycles. The summed E-state index contributed by atoms with van der Waals surface area (Å²) in [6, 6.07) is 129. The molecular weight excluding hydrogens is 1690 g/mol. The standard InChI is InChI=1S/3C30H16Cl2.C30H17Cl/c31-27-15-8-14-24-26(20-18-22-11-5-2-6-12-22)30-23(13-7-16-28(30)32)25(29(24)27)19-17-21-9-3-1-4-10-21;31-27-15-7-13-24-23(19-17-21-9-3-1-4-10-21)25-14-8-16-28(32)30(25)26(29(24)27)20-18-22-11-5-2-6-12-22;31-29-19-27-25(17-15-21-9-3-1-4-10-21)23-13-7-8-14-24(23)26(28(27)20-30(29)32)18-16-22-11-5-2-6-12-22;31-29-17-9-16-27-26(20-18-22-10-3-1-4-11-22)24-14-7-8-15-25(24)28(30(27)29)21-19-23-12-5-2-6-13-23/h2*1-16H;1-14,19-20H;1-17H. The van der Waals surface area contributed by atoms with Gasteiger partial charge in [-0.2, -0.15) is 0 Å². The van der Waals surface area contributed by atoms with E-state index in [4.69, 9.17) is 81.2 Å². The van der Waals surface area contributed by atoms with E-state index < -0.39 is 0 Å². The fourth-order valence-electron chi connectivity index (χ4n) is 15.1. The van der Waals surface area contributed by atoms with E-state index in [2.05, 4.69) is 125 Å². The summed E-state index contributed by atoms with van der Waals surface area (Å²) < 4.78 is 0. The molecule has 0 aliphatic rings. The summed E-state index contributed by atoms with van der Waals surface area (Å²) in [6.45, 7) is 0. The molecule has 0 N–H and O–H groups in total. The van der Waals surface area contributed by atoms with Gasteiger partial charge in [0.05, 0.1) is 10.0 Å². The number of rotatable bonds is 0. The average Bonchev–Trinajstić information content (AvgIpc) is 0.776. The molecule has 594 valence electrons. The quantitative estimate of drug-likeness (QED) is 0.105. The molecule has 0 aromatic heterocycles. The molecule has 0 saturated carbocycles. The van der Waals surface area contributed by atoms with E-state index in [1.54, 1.807) is 0 Å². The Kier molecular flexibility index (Phi) is 26.6. The van der Waals surface area contributed by atoms with Gasteiger partial charge in [0.25, 0.3) is 0 Å². The van der Waals surface area contributed by atoms with Gasteiger partial charge < -0.3 is 0 Å². The first-order valence-electron chi connectivity index (χ1n) is 40.6. The van der Waals surface area contributed by atoms with Crippen LogP contribution >= 0.6 is 81.2 Å². The summed E-state index contributed by atoms with van der Waals surface area (Å²) in [7, 11) is 0. The lowest BCUT2D eigenvalue weighted by molar-refractivity contribution is 1.64. The molecule has 0 atom stereocenters. The summed E-state index contributed by atoms with van der Waals surface area (Å²) in [4.78, 5) is 0. The zero-order valence-corrected chi connectivity index (χ0v) is 73.0. The van der Waals surface area contributed by atoms with E-state index >= 15 is 0 Å². The van der Waals surface area contributed by atoms with Crippen LogP contribution in [-0.2, 0) is 0 Å². The number of hydrogen-bond acceptors (Lipinski definition) is 0. The third-order valence-electron chi connectivity index (χ3n) is 21.0. The Hall–Kier alpha value is -15.0. The Balaban J connectivity index is 0.000000119. The third kappa shape index (κ3) is 19.4. The highest BCUT2D eigenvalue weighted by atomic mass is 35.5. The van der Waals surface area contributed by atoms with Crippen LogP contribution in [0, 0.1) is 94.7 Å². The molecule has 0 aliphatic heterocycles. The lowest BCUT2D eigenvalue weighted by Gasteiger charge is -2.13. The van der Waals surface area contributed by atoms with Crippen molar-refractivity contribution in [1.82, 2.24) is 0 Å². The Labute approximate surface area is 773 Å². The second-order valence-corrected chi connectivity index (χ2v) is 32.0. The van der Waals surface area contributed by atoms with Crippen molar-refractivity contribution in [3.63, 3.8) is 0 Å². The van der Waals surface area contributed by atoms with Crippen molar-refractivity contribution in [2.75, 3.05) is 0 Å². The van der Waals surface area contributed by atoms with E-state index in [1.807, 2.05) is 364 Å². The zero-order valence-electron chi connectivity index (χ0n) is 67.7. The molecule has 0 nitrogen and oxygen atoms in total. The summed E-state index contributed by atoms with van der Waals surface area (Å²) in [5.41, 5.74) is 14.8. The molecule has 20 rings (SSSR count). The van der Waals surface area contributed by atoms with E-state index in [0.29, 0.717) is 35.2 Å². The Morgan fingerprint density at radius 2 is 0.260 bits per heavy atom. The Morgan fingerprint density at radius 1 is 0.110 bits per heavy atom. The monoisotopic (exact) mass is 1750 g/mol. The molecule has 127 heavy (non-hydrogen) atoms. The summed E-state index contributed by atoms with van der Waals surface area (Å²) >= 11 is 46.5. The maximum absolute atomic E-state index is 6.73. The molecule has 0 fully saturated rings. The zero-order chi connectivity index (χ0) is 86.8. The highest BCUT2D eigenvalue weighted by Crippen LogP contribution is 2.43. The molecule has 0 spiro atoms. The van der Waals surface area contributed by atoms with Gasteiger partial charge in [0.1, 0.15) is 0 Å². The number of halogens is 7. The Morgan fingerprint density at radius 3 is 0.488 bits per heavy atom. The van der Waals surface area contributed by atoms with E-state index in [9.17, 15) is 0 Å². The van der Waals surface area contributed by atoms with Crippen LogP contribution in [0.25, 0.3) is 86.2 Å². The van der Waals surface area contributed by atoms with Crippen LogP contribution in [0.4, 0.5) is 0 Å². The van der Waals surface area contributed by atoms with Gasteiger partial charge in [-0.05, 0) is 161 Å². The van der Waals surface area contributed by atoms with E-state index in [0.717, 1.165) is 175 Å². The molecule has 0 bridgehead atoms. The molecule has 0 heterocycles. The van der Waals surface area contributed by atoms with E-state index in [1.165, 1.54) is 0 Å². The second kappa shape index (κ2) is 40.1. The minimum atomic E-state index is 0.499. The van der Waals surface area contributed by atoms with Gasteiger partial charge in [0.2, 0.25) is 0 Å². The fourth-order valence-corrected chi connectivity index (χ4v) is 16.8.